The molecule has 0 N–H and O–H groups in total. The topological polar surface area (TPSA) is 0 Å². The Morgan fingerprint density at radius 2 is 1.80 bits per heavy atom. The molecule has 1 aromatic rings. The Morgan fingerprint density at radius 1 is 1.07 bits per heavy atom. The highest BCUT2D eigenvalue weighted by atomic mass is 127. The van der Waals surface area contributed by atoms with Gasteiger partial charge in [0.25, 0.3) is 0 Å². The normalized spacial score (nSPS) is 27.3. The first-order valence-electron chi connectivity index (χ1n) is 5.67. The smallest absolute Gasteiger partial charge is 0.107 e. The van der Waals surface area contributed by atoms with Crippen LogP contribution in [-0.4, -0.2) is 6.17 Å². The maximum absolute atomic E-state index is 14.0. The highest BCUT2D eigenvalue weighted by molar-refractivity contribution is 14.1. The molecule has 0 bridgehead atoms. The summed E-state index contributed by atoms with van der Waals surface area (Å²) in [5.74, 6) is 0.139. The molecule has 0 aromatic heterocycles. The van der Waals surface area contributed by atoms with Gasteiger partial charge in [-0.15, -0.1) is 0 Å². The number of rotatable bonds is 1. The van der Waals surface area contributed by atoms with E-state index in [0.717, 1.165) is 19.3 Å². The predicted molar refractivity (Wildman–Crippen MR) is 69.9 cm³/mol. The summed E-state index contributed by atoms with van der Waals surface area (Å²) >= 11 is 2.32. The molecule has 0 amide bonds. The van der Waals surface area contributed by atoms with Gasteiger partial charge in [0.05, 0.1) is 0 Å². The van der Waals surface area contributed by atoms with E-state index in [2.05, 4.69) is 34.7 Å². The van der Waals surface area contributed by atoms with E-state index in [4.69, 9.17) is 0 Å². The van der Waals surface area contributed by atoms with E-state index in [1.165, 1.54) is 22.0 Å². The number of halogens is 2. The van der Waals surface area contributed by atoms with Gasteiger partial charge >= 0.3 is 0 Å². The van der Waals surface area contributed by atoms with E-state index in [-0.39, 0.29) is 5.92 Å². The van der Waals surface area contributed by atoms with Gasteiger partial charge in [-0.05, 0) is 47.1 Å². The number of hydrogen-bond donors (Lipinski definition) is 0. The second-order valence-corrected chi connectivity index (χ2v) is 5.44. The average molecular weight is 318 g/mol. The summed E-state index contributed by atoms with van der Waals surface area (Å²) in [7, 11) is 0. The van der Waals surface area contributed by atoms with Gasteiger partial charge in [0.15, 0.2) is 0 Å². The van der Waals surface area contributed by atoms with Crippen molar-refractivity contribution in [2.45, 2.75) is 44.2 Å². The fraction of sp³-hybridized carbons (Fsp3) is 0.538. The van der Waals surface area contributed by atoms with Crippen molar-refractivity contribution in [3.63, 3.8) is 0 Å². The average Bonchev–Trinajstić information content (AvgIpc) is 2.44. The Balaban J connectivity index is 2.24. The van der Waals surface area contributed by atoms with Gasteiger partial charge in [0.1, 0.15) is 6.17 Å². The minimum atomic E-state index is -0.636. The molecule has 0 radical (unpaired) electrons. The molecule has 1 aliphatic carbocycles. The largest absolute Gasteiger partial charge is 0.247 e. The van der Waals surface area contributed by atoms with Crippen LogP contribution >= 0.6 is 22.6 Å². The summed E-state index contributed by atoms with van der Waals surface area (Å²) in [6, 6.07) is 8.21. The van der Waals surface area contributed by atoms with Crippen LogP contribution in [0.5, 0.6) is 0 Å². The second-order valence-electron chi connectivity index (χ2n) is 4.28. The molecule has 1 saturated carbocycles. The van der Waals surface area contributed by atoms with Gasteiger partial charge in [0.2, 0.25) is 0 Å². The summed E-state index contributed by atoms with van der Waals surface area (Å²) < 4.78 is 15.2. The van der Waals surface area contributed by atoms with Crippen LogP contribution in [0.25, 0.3) is 0 Å². The van der Waals surface area contributed by atoms with Gasteiger partial charge < -0.3 is 0 Å². The standard InChI is InChI=1S/C13H16FI/c14-12-8-3-1-2-6-10(12)11-7-4-5-9-13(11)15/h4-5,7,9-10,12H,1-3,6,8H2/t10?,12-/m1/s1. The maximum Gasteiger partial charge on any atom is 0.107 e. The molecule has 1 aromatic carbocycles. The van der Waals surface area contributed by atoms with Crippen LogP contribution in [0.4, 0.5) is 4.39 Å². The van der Waals surface area contributed by atoms with Crippen molar-refractivity contribution < 1.29 is 4.39 Å². The Hall–Kier alpha value is -0.120. The minimum absolute atomic E-state index is 0.139. The van der Waals surface area contributed by atoms with Crippen LogP contribution in [0, 0.1) is 3.57 Å². The molecule has 0 aliphatic heterocycles. The zero-order valence-electron chi connectivity index (χ0n) is 8.76. The van der Waals surface area contributed by atoms with Crippen molar-refractivity contribution in [3.05, 3.63) is 33.4 Å². The van der Waals surface area contributed by atoms with Crippen LogP contribution in [0.15, 0.2) is 24.3 Å². The second kappa shape index (κ2) is 5.28. The summed E-state index contributed by atoms with van der Waals surface area (Å²) in [6.45, 7) is 0. The van der Waals surface area contributed by atoms with E-state index in [1.807, 2.05) is 12.1 Å². The van der Waals surface area contributed by atoms with E-state index in [9.17, 15) is 4.39 Å². The number of hydrogen-bond acceptors (Lipinski definition) is 0. The van der Waals surface area contributed by atoms with Crippen molar-refractivity contribution in [2.75, 3.05) is 0 Å². The first kappa shape index (κ1) is 11.4. The van der Waals surface area contributed by atoms with E-state index >= 15 is 0 Å². The van der Waals surface area contributed by atoms with E-state index in [1.54, 1.807) is 0 Å². The molecule has 0 spiro atoms. The maximum atomic E-state index is 14.0. The van der Waals surface area contributed by atoms with Crippen molar-refractivity contribution in [1.82, 2.24) is 0 Å². The molecule has 2 atom stereocenters. The quantitative estimate of drug-likeness (QED) is 0.521. The van der Waals surface area contributed by atoms with Crippen molar-refractivity contribution in [1.29, 1.82) is 0 Å². The lowest BCUT2D eigenvalue weighted by molar-refractivity contribution is 0.266. The Morgan fingerprint density at radius 3 is 2.60 bits per heavy atom. The predicted octanol–water partition coefficient (Wildman–Crippen LogP) is 4.68. The Bertz CT molecular complexity index is 324. The number of benzene rings is 1. The lowest BCUT2D eigenvalue weighted by atomic mass is 9.90. The molecule has 1 unspecified atom stereocenters. The number of alkyl halides is 1. The van der Waals surface area contributed by atoms with Gasteiger partial charge in [-0.3, -0.25) is 0 Å². The van der Waals surface area contributed by atoms with Crippen LogP contribution < -0.4 is 0 Å². The van der Waals surface area contributed by atoms with Crippen molar-refractivity contribution >= 4 is 22.6 Å². The molecule has 15 heavy (non-hydrogen) atoms. The lowest BCUT2D eigenvalue weighted by Crippen LogP contribution is -2.13. The summed E-state index contributed by atoms with van der Waals surface area (Å²) in [5.41, 5.74) is 1.22. The van der Waals surface area contributed by atoms with Crippen LogP contribution in [0.1, 0.15) is 43.6 Å². The monoisotopic (exact) mass is 318 g/mol. The van der Waals surface area contributed by atoms with Crippen LogP contribution in [0.3, 0.4) is 0 Å². The molecule has 2 rings (SSSR count). The molecule has 0 heterocycles. The fourth-order valence-electron chi connectivity index (χ4n) is 2.39. The molecular formula is C13H16FI. The highest BCUT2D eigenvalue weighted by Crippen LogP contribution is 2.35. The zero-order chi connectivity index (χ0) is 10.7. The molecule has 1 aliphatic rings. The molecule has 0 saturated heterocycles. The van der Waals surface area contributed by atoms with E-state index in [0.29, 0.717) is 0 Å². The molecule has 82 valence electrons. The van der Waals surface area contributed by atoms with Gasteiger partial charge in [-0.1, -0.05) is 37.5 Å². The first-order valence-corrected chi connectivity index (χ1v) is 6.75. The summed E-state index contributed by atoms with van der Waals surface area (Å²) in [4.78, 5) is 0. The fourth-order valence-corrected chi connectivity index (χ4v) is 3.18. The third kappa shape index (κ3) is 2.71. The Kier molecular flexibility index (Phi) is 4.00. The van der Waals surface area contributed by atoms with Crippen molar-refractivity contribution in [3.8, 4) is 0 Å². The molecule has 2 heteroatoms. The zero-order valence-corrected chi connectivity index (χ0v) is 10.9. The third-order valence-corrected chi connectivity index (χ3v) is 4.22. The third-order valence-electron chi connectivity index (χ3n) is 3.24. The summed E-state index contributed by atoms with van der Waals surface area (Å²) in [6.07, 6.45) is 4.55. The minimum Gasteiger partial charge on any atom is -0.247 e. The van der Waals surface area contributed by atoms with Gasteiger partial charge in [0, 0.05) is 9.49 Å². The van der Waals surface area contributed by atoms with Gasteiger partial charge in [-0.25, -0.2) is 4.39 Å². The molecule has 1 fully saturated rings. The SMILES string of the molecule is F[C@@H]1CCCCCC1c1ccccc1I. The van der Waals surface area contributed by atoms with Crippen molar-refractivity contribution in [2.24, 2.45) is 0 Å². The van der Waals surface area contributed by atoms with E-state index < -0.39 is 6.17 Å². The lowest BCUT2D eigenvalue weighted by Gasteiger charge is -2.20. The molecular weight excluding hydrogens is 302 g/mol. The first-order chi connectivity index (χ1) is 7.29. The van der Waals surface area contributed by atoms with Crippen LogP contribution in [0.2, 0.25) is 0 Å². The Labute approximate surface area is 104 Å². The molecule has 0 nitrogen and oxygen atoms in total. The van der Waals surface area contributed by atoms with Crippen LogP contribution in [-0.2, 0) is 0 Å². The summed E-state index contributed by atoms with van der Waals surface area (Å²) in [5, 5.41) is 0. The highest BCUT2D eigenvalue weighted by Gasteiger charge is 2.25. The van der Waals surface area contributed by atoms with Gasteiger partial charge in [-0.2, -0.15) is 0 Å².